The first-order valence-electron chi connectivity index (χ1n) is 4.05. The lowest BCUT2D eigenvalue weighted by molar-refractivity contribution is 1.48. The Morgan fingerprint density at radius 2 is 2.07 bits per heavy atom. The van der Waals surface area contributed by atoms with Crippen molar-refractivity contribution in [1.82, 2.24) is 0 Å². The standard InChI is InChI=1S/C10H8IN3S/c11-8-1-3-9(4-2-8)14-6-7(5-12)10(13)15/h1-4,6,14H,(H2,13,15)/b7-6-. The first kappa shape index (κ1) is 11.9. The van der Waals surface area contributed by atoms with E-state index in [1.54, 1.807) is 0 Å². The molecule has 0 aliphatic carbocycles. The molecule has 1 rings (SSSR count). The minimum atomic E-state index is 0.0931. The summed E-state index contributed by atoms with van der Waals surface area (Å²) in [6.45, 7) is 0. The Hall–Kier alpha value is -1.13. The van der Waals surface area contributed by atoms with E-state index in [0.29, 0.717) is 0 Å². The SMILES string of the molecule is N#C/C(=C/Nc1ccc(I)cc1)C(N)=S. The normalized spacial score (nSPS) is 10.5. The molecule has 0 amide bonds. The van der Waals surface area contributed by atoms with Crippen LogP contribution in [0, 0.1) is 14.9 Å². The highest BCUT2D eigenvalue weighted by Gasteiger charge is 1.97. The molecule has 3 N–H and O–H groups in total. The van der Waals surface area contributed by atoms with Crippen molar-refractivity contribution in [2.45, 2.75) is 0 Å². The summed E-state index contributed by atoms with van der Waals surface area (Å²) in [5.41, 5.74) is 6.49. The van der Waals surface area contributed by atoms with Crippen LogP contribution in [0.5, 0.6) is 0 Å². The molecule has 3 nitrogen and oxygen atoms in total. The number of nitrogens with one attached hydrogen (secondary N) is 1. The Labute approximate surface area is 107 Å². The van der Waals surface area contributed by atoms with Gasteiger partial charge in [0.2, 0.25) is 0 Å². The van der Waals surface area contributed by atoms with E-state index in [1.807, 2.05) is 30.3 Å². The number of nitrogens with two attached hydrogens (primary N) is 1. The molecule has 0 heterocycles. The fraction of sp³-hybridized carbons (Fsp3) is 0. The Bertz CT molecular complexity index is 431. The number of hydrogen-bond acceptors (Lipinski definition) is 3. The molecule has 0 radical (unpaired) electrons. The van der Waals surface area contributed by atoms with Crippen LogP contribution in [-0.4, -0.2) is 4.99 Å². The van der Waals surface area contributed by atoms with Crippen molar-refractivity contribution in [2.24, 2.45) is 5.73 Å². The van der Waals surface area contributed by atoms with Gasteiger partial charge in [-0.25, -0.2) is 0 Å². The van der Waals surface area contributed by atoms with Crippen LogP contribution in [0.1, 0.15) is 0 Å². The Balaban J connectivity index is 2.76. The molecule has 1 aromatic rings. The molecule has 0 unspecified atom stereocenters. The predicted molar refractivity (Wildman–Crippen MR) is 73.3 cm³/mol. The van der Waals surface area contributed by atoms with Crippen molar-refractivity contribution in [3.05, 3.63) is 39.6 Å². The molecule has 0 bridgehead atoms. The van der Waals surface area contributed by atoms with Gasteiger partial charge >= 0.3 is 0 Å². The molecule has 76 valence electrons. The Morgan fingerprint density at radius 3 is 2.53 bits per heavy atom. The molecule has 1 aromatic carbocycles. The lowest BCUT2D eigenvalue weighted by Crippen LogP contribution is -2.11. The van der Waals surface area contributed by atoms with Crippen LogP contribution in [0.3, 0.4) is 0 Å². The van der Waals surface area contributed by atoms with Crippen LogP contribution in [0.15, 0.2) is 36.0 Å². The number of nitrogens with zero attached hydrogens (tertiary/aromatic N) is 1. The average Bonchev–Trinajstić information content (AvgIpc) is 2.21. The van der Waals surface area contributed by atoms with E-state index in [2.05, 4.69) is 27.9 Å². The monoisotopic (exact) mass is 329 g/mol. The molecular weight excluding hydrogens is 321 g/mol. The molecule has 0 aliphatic rings. The maximum Gasteiger partial charge on any atom is 0.116 e. The van der Waals surface area contributed by atoms with Gasteiger partial charge in [-0.2, -0.15) is 5.26 Å². The van der Waals surface area contributed by atoms with Gasteiger partial charge in [0.25, 0.3) is 0 Å². The van der Waals surface area contributed by atoms with Gasteiger partial charge in [0.15, 0.2) is 0 Å². The van der Waals surface area contributed by atoms with Gasteiger partial charge in [0, 0.05) is 15.5 Å². The van der Waals surface area contributed by atoms with Crippen LogP contribution < -0.4 is 11.1 Å². The Kier molecular flexibility index (Phi) is 4.52. The quantitative estimate of drug-likeness (QED) is 0.387. The second kappa shape index (κ2) is 5.68. The van der Waals surface area contributed by atoms with Crippen LogP contribution >= 0.6 is 34.8 Å². The van der Waals surface area contributed by atoms with Crippen LogP contribution in [0.2, 0.25) is 0 Å². The topological polar surface area (TPSA) is 61.8 Å². The van der Waals surface area contributed by atoms with E-state index in [0.717, 1.165) is 9.26 Å². The first-order valence-corrected chi connectivity index (χ1v) is 5.54. The smallest absolute Gasteiger partial charge is 0.116 e. The van der Waals surface area contributed by atoms with Gasteiger partial charge in [0.05, 0.1) is 0 Å². The van der Waals surface area contributed by atoms with E-state index in [9.17, 15) is 0 Å². The third-order valence-corrected chi connectivity index (χ3v) is 2.55. The zero-order valence-electron chi connectivity index (χ0n) is 7.70. The summed E-state index contributed by atoms with van der Waals surface area (Å²) in [4.78, 5) is 0.0931. The molecule has 0 saturated heterocycles. The van der Waals surface area contributed by atoms with Crippen LogP contribution in [0.4, 0.5) is 5.69 Å². The van der Waals surface area contributed by atoms with E-state index >= 15 is 0 Å². The van der Waals surface area contributed by atoms with Crippen molar-refractivity contribution in [2.75, 3.05) is 5.32 Å². The number of rotatable bonds is 3. The first-order chi connectivity index (χ1) is 7.13. The van der Waals surface area contributed by atoms with Crippen LogP contribution in [0.25, 0.3) is 0 Å². The lowest BCUT2D eigenvalue weighted by Gasteiger charge is -2.01. The summed E-state index contributed by atoms with van der Waals surface area (Å²) in [7, 11) is 0. The lowest BCUT2D eigenvalue weighted by atomic mass is 10.3. The summed E-state index contributed by atoms with van der Waals surface area (Å²) < 4.78 is 1.15. The number of benzene rings is 1. The average molecular weight is 329 g/mol. The summed E-state index contributed by atoms with van der Waals surface area (Å²) >= 11 is 6.92. The van der Waals surface area contributed by atoms with Gasteiger partial charge < -0.3 is 11.1 Å². The fourth-order valence-electron chi connectivity index (χ4n) is 0.860. The molecule has 0 saturated carbocycles. The number of nitriles is 1. The van der Waals surface area contributed by atoms with Crippen molar-refractivity contribution in [3.63, 3.8) is 0 Å². The predicted octanol–water partition coefficient (Wildman–Crippen LogP) is 2.40. The molecule has 15 heavy (non-hydrogen) atoms. The van der Waals surface area contributed by atoms with Crippen LogP contribution in [-0.2, 0) is 0 Å². The molecular formula is C10H8IN3S. The fourth-order valence-corrected chi connectivity index (χ4v) is 1.32. The molecule has 0 aromatic heterocycles. The van der Waals surface area contributed by atoms with E-state index < -0.39 is 0 Å². The van der Waals surface area contributed by atoms with Gasteiger partial charge in [-0.1, -0.05) is 12.2 Å². The second-order valence-corrected chi connectivity index (χ2v) is 4.37. The summed E-state index contributed by atoms with van der Waals surface area (Å²) in [6, 6.07) is 9.66. The highest BCUT2D eigenvalue weighted by atomic mass is 127. The van der Waals surface area contributed by atoms with Crippen molar-refractivity contribution >= 4 is 45.5 Å². The second-order valence-electron chi connectivity index (χ2n) is 2.69. The third-order valence-electron chi connectivity index (χ3n) is 1.61. The van der Waals surface area contributed by atoms with E-state index in [1.165, 1.54) is 6.20 Å². The minimum Gasteiger partial charge on any atom is -0.389 e. The Morgan fingerprint density at radius 1 is 1.47 bits per heavy atom. The summed E-state index contributed by atoms with van der Waals surface area (Å²) in [6.07, 6.45) is 1.50. The van der Waals surface area contributed by atoms with Crippen molar-refractivity contribution in [3.8, 4) is 6.07 Å². The van der Waals surface area contributed by atoms with Gasteiger partial charge in [0.1, 0.15) is 16.6 Å². The number of halogens is 1. The highest BCUT2D eigenvalue weighted by Crippen LogP contribution is 2.11. The third kappa shape index (κ3) is 3.85. The number of thiocarbonyl (C=S) groups is 1. The molecule has 5 heteroatoms. The number of hydrogen-bond donors (Lipinski definition) is 2. The number of anilines is 1. The van der Waals surface area contributed by atoms with Crippen molar-refractivity contribution < 1.29 is 0 Å². The largest absolute Gasteiger partial charge is 0.389 e. The minimum absolute atomic E-state index is 0.0931. The maximum absolute atomic E-state index is 8.69. The molecule has 0 fully saturated rings. The summed E-state index contributed by atoms with van der Waals surface area (Å²) in [5, 5.41) is 11.6. The summed E-state index contributed by atoms with van der Waals surface area (Å²) in [5.74, 6) is 0. The molecule has 0 aliphatic heterocycles. The van der Waals surface area contributed by atoms with E-state index in [-0.39, 0.29) is 10.6 Å². The van der Waals surface area contributed by atoms with Gasteiger partial charge in [-0.3, -0.25) is 0 Å². The van der Waals surface area contributed by atoms with Gasteiger partial charge in [-0.15, -0.1) is 0 Å². The molecule has 0 atom stereocenters. The zero-order valence-corrected chi connectivity index (χ0v) is 10.7. The maximum atomic E-state index is 8.69. The highest BCUT2D eigenvalue weighted by molar-refractivity contribution is 14.1. The van der Waals surface area contributed by atoms with E-state index in [4.69, 9.17) is 23.2 Å². The zero-order chi connectivity index (χ0) is 11.3. The van der Waals surface area contributed by atoms with Crippen molar-refractivity contribution in [1.29, 1.82) is 5.26 Å². The van der Waals surface area contributed by atoms with Gasteiger partial charge in [-0.05, 0) is 46.9 Å². The molecule has 0 spiro atoms.